The molecule has 0 saturated carbocycles. The van der Waals surface area contributed by atoms with E-state index in [9.17, 15) is 13.2 Å². The summed E-state index contributed by atoms with van der Waals surface area (Å²) in [6.45, 7) is 0.944. The van der Waals surface area contributed by atoms with E-state index in [0.29, 0.717) is 29.6 Å². The molecular weight excluding hydrogens is 534 g/mol. The van der Waals surface area contributed by atoms with Crippen LogP contribution in [0.4, 0.5) is 13.2 Å². The number of ether oxygens (including phenoxy) is 2. The number of benzene rings is 2. The maximum atomic E-state index is 12.8. The van der Waals surface area contributed by atoms with Crippen molar-refractivity contribution in [2.45, 2.75) is 12.6 Å². The Labute approximate surface area is 204 Å². The topological polar surface area (TPSA) is 46.1 Å². The second-order valence-electron chi connectivity index (χ2n) is 6.64. The molecule has 0 fully saturated rings. The predicted molar refractivity (Wildman–Crippen MR) is 131 cm³/mol. The number of guanidine groups is 1. The van der Waals surface area contributed by atoms with Crippen molar-refractivity contribution in [2.75, 3.05) is 41.4 Å². The highest BCUT2D eigenvalue weighted by Gasteiger charge is 2.30. The Hall–Kier alpha value is -2.61. The zero-order chi connectivity index (χ0) is 22.9. The molecule has 174 valence electrons. The van der Waals surface area contributed by atoms with Gasteiger partial charge in [-0.05, 0) is 42.3 Å². The van der Waals surface area contributed by atoms with Gasteiger partial charge in [-0.1, -0.05) is 24.0 Å². The quantitative estimate of drug-likeness (QED) is 0.245. The van der Waals surface area contributed by atoms with Gasteiger partial charge in [0.2, 0.25) is 0 Å². The Kier molecular flexibility index (Phi) is 11.2. The van der Waals surface area contributed by atoms with Crippen LogP contribution in [0.2, 0.25) is 0 Å². The Morgan fingerprint density at radius 2 is 1.81 bits per heavy atom. The van der Waals surface area contributed by atoms with Crippen LogP contribution >= 0.6 is 24.0 Å². The Bertz CT molecular complexity index is 969. The van der Waals surface area contributed by atoms with Gasteiger partial charge in [0.25, 0.3) is 0 Å². The number of alkyl halides is 3. The molecule has 9 heteroatoms. The largest absolute Gasteiger partial charge is 0.493 e. The standard InChI is InChI=1S/C23H26F3N3O2.HI/c1-27-22(28-13-6-8-17-7-5-9-19(15-17)23(24,25)26)29(2)14-12-18-10-11-20(30-3)21(16-18)31-4;/h5,7,9-11,15-16H,12-14H2,1-4H3,(H,27,28);1H. The molecule has 0 aliphatic rings. The van der Waals surface area contributed by atoms with Gasteiger partial charge in [0.15, 0.2) is 17.5 Å². The number of nitrogens with zero attached hydrogens (tertiary/aromatic N) is 2. The number of rotatable bonds is 6. The summed E-state index contributed by atoms with van der Waals surface area (Å²) >= 11 is 0. The van der Waals surface area contributed by atoms with Crippen molar-refractivity contribution in [3.8, 4) is 23.3 Å². The first-order valence-corrected chi connectivity index (χ1v) is 9.57. The summed E-state index contributed by atoms with van der Waals surface area (Å²) in [5.41, 5.74) is 0.690. The van der Waals surface area contributed by atoms with E-state index in [1.807, 2.05) is 30.1 Å². The van der Waals surface area contributed by atoms with Crippen LogP contribution in [-0.2, 0) is 12.6 Å². The second kappa shape index (κ2) is 13.1. The van der Waals surface area contributed by atoms with E-state index in [-0.39, 0.29) is 30.5 Å². The monoisotopic (exact) mass is 561 g/mol. The van der Waals surface area contributed by atoms with Crippen LogP contribution in [0.5, 0.6) is 11.5 Å². The first-order valence-electron chi connectivity index (χ1n) is 9.57. The minimum atomic E-state index is -4.38. The molecule has 2 aromatic rings. The third kappa shape index (κ3) is 8.15. The maximum absolute atomic E-state index is 12.8. The highest BCUT2D eigenvalue weighted by Crippen LogP contribution is 2.29. The van der Waals surface area contributed by atoms with Gasteiger partial charge < -0.3 is 19.7 Å². The lowest BCUT2D eigenvalue weighted by Gasteiger charge is -2.21. The summed E-state index contributed by atoms with van der Waals surface area (Å²) in [4.78, 5) is 6.17. The Morgan fingerprint density at radius 1 is 1.09 bits per heavy atom. The predicted octanol–water partition coefficient (Wildman–Crippen LogP) is 4.44. The van der Waals surface area contributed by atoms with E-state index >= 15 is 0 Å². The SMILES string of the molecule is CN=C(NCC#Cc1cccc(C(F)(F)F)c1)N(C)CCc1ccc(OC)c(OC)c1.I. The molecule has 0 atom stereocenters. The maximum Gasteiger partial charge on any atom is 0.416 e. The molecule has 0 amide bonds. The Balaban J connectivity index is 0.00000512. The molecule has 0 radical (unpaired) electrons. The number of methoxy groups -OCH3 is 2. The lowest BCUT2D eigenvalue weighted by molar-refractivity contribution is -0.137. The summed E-state index contributed by atoms with van der Waals surface area (Å²) in [7, 11) is 6.75. The van der Waals surface area contributed by atoms with Crippen LogP contribution in [0, 0.1) is 11.8 Å². The number of hydrogen-bond donors (Lipinski definition) is 1. The van der Waals surface area contributed by atoms with E-state index in [2.05, 4.69) is 22.2 Å². The zero-order valence-corrected chi connectivity index (χ0v) is 20.7. The van der Waals surface area contributed by atoms with Crippen molar-refractivity contribution in [3.05, 3.63) is 59.2 Å². The molecule has 1 N–H and O–H groups in total. The average Bonchev–Trinajstić information content (AvgIpc) is 2.76. The zero-order valence-electron chi connectivity index (χ0n) is 18.4. The first kappa shape index (κ1) is 27.4. The summed E-state index contributed by atoms with van der Waals surface area (Å²) < 4.78 is 48.9. The van der Waals surface area contributed by atoms with Gasteiger partial charge in [-0.15, -0.1) is 24.0 Å². The number of likely N-dealkylation sites (N-methyl/N-ethyl adjacent to an activating group) is 1. The van der Waals surface area contributed by atoms with Crippen molar-refractivity contribution < 1.29 is 22.6 Å². The highest BCUT2D eigenvalue weighted by molar-refractivity contribution is 14.0. The fourth-order valence-electron chi connectivity index (χ4n) is 2.87. The molecule has 0 bridgehead atoms. The summed E-state index contributed by atoms with van der Waals surface area (Å²) in [6.07, 6.45) is -3.62. The number of aliphatic imine (C=N–C) groups is 1. The molecule has 0 aliphatic carbocycles. The van der Waals surface area contributed by atoms with E-state index in [1.165, 1.54) is 6.07 Å². The summed E-state index contributed by atoms with van der Waals surface area (Å²) in [5, 5.41) is 3.10. The minimum Gasteiger partial charge on any atom is -0.493 e. The van der Waals surface area contributed by atoms with Crippen molar-refractivity contribution in [2.24, 2.45) is 4.99 Å². The molecule has 2 rings (SSSR count). The van der Waals surface area contributed by atoms with E-state index < -0.39 is 11.7 Å². The summed E-state index contributed by atoms with van der Waals surface area (Å²) in [5.74, 6) is 7.57. The summed E-state index contributed by atoms with van der Waals surface area (Å²) in [6, 6.07) is 10.7. The van der Waals surface area contributed by atoms with Gasteiger partial charge in [0.05, 0.1) is 26.3 Å². The Morgan fingerprint density at radius 3 is 2.44 bits per heavy atom. The molecule has 5 nitrogen and oxygen atoms in total. The van der Waals surface area contributed by atoms with E-state index in [1.54, 1.807) is 27.3 Å². The van der Waals surface area contributed by atoms with Crippen molar-refractivity contribution in [1.29, 1.82) is 0 Å². The van der Waals surface area contributed by atoms with E-state index in [4.69, 9.17) is 9.47 Å². The lowest BCUT2D eigenvalue weighted by Crippen LogP contribution is -2.40. The van der Waals surface area contributed by atoms with Gasteiger partial charge >= 0.3 is 6.18 Å². The van der Waals surface area contributed by atoms with Gasteiger partial charge in [-0.25, -0.2) is 0 Å². The molecule has 0 heterocycles. The van der Waals surface area contributed by atoms with Crippen LogP contribution in [0.15, 0.2) is 47.5 Å². The fourth-order valence-corrected chi connectivity index (χ4v) is 2.87. The van der Waals surface area contributed by atoms with Crippen molar-refractivity contribution >= 4 is 29.9 Å². The van der Waals surface area contributed by atoms with Crippen LogP contribution in [-0.4, -0.2) is 52.3 Å². The number of hydrogen-bond acceptors (Lipinski definition) is 3. The molecule has 0 saturated heterocycles. The smallest absolute Gasteiger partial charge is 0.416 e. The third-order valence-electron chi connectivity index (χ3n) is 4.51. The minimum absolute atomic E-state index is 0. The van der Waals surface area contributed by atoms with Gasteiger partial charge in [0.1, 0.15) is 0 Å². The van der Waals surface area contributed by atoms with Gasteiger partial charge in [0, 0.05) is 26.2 Å². The molecule has 0 unspecified atom stereocenters. The molecule has 32 heavy (non-hydrogen) atoms. The number of halogens is 4. The highest BCUT2D eigenvalue weighted by atomic mass is 127. The molecule has 0 aromatic heterocycles. The molecular formula is C23H27F3IN3O2. The van der Waals surface area contributed by atoms with Crippen LogP contribution < -0.4 is 14.8 Å². The van der Waals surface area contributed by atoms with Crippen LogP contribution in [0.3, 0.4) is 0 Å². The molecule has 0 aliphatic heterocycles. The first-order chi connectivity index (χ1) is 14.8. The normalized spacial score (nSPS) is 11.0. The van der Waals surface area contributed by atoms with Crippen molar-refractivity contribution in [3.63, 3.8) is 0 Å². The lowest BCUT2D eigenvalue weighted by atomic mass is 10.1. The third-order valence-corrected chi connectivity index (χ3v) is 4.51. The van der Waals surface area contributed by atoms with Crippen LogP contribution in [0.1, 0.15) is 16.7 Å². The molecule has 0 spiro atoms. The van der Waals surface area contributed by atoms with Crippen molar-refractivity contribution in [1.82, 2.24) is 10.2 Å². The number of nitrogens with one attached hydrogen (secondary N) is 1. The van der Waals surface area contributed by atoms with Crippen LogP contribution in [0.25, 0.3) is 0 Å². The second-order valence-corrected chi connectivity index (χ2v) is 6.64. The fraction of sp³-hybridized carbons (Fsp3) is 0.348. The van der Waals surface area contributed by atoms with E-state index in [0.717, 1.165) is 24.1 Å². The molecule has 2 aromatic carbocycles. The van der Waals surface area contributed by atoms with Gasteiger partial charge in [-0.3, -0.25) is 4.99 Å². The van der Waals surface area contributed by atoms with Gasteiger partial charge in [-0.2, -0.15) is 13.2 Å². The average molecular weight is 561 g/mol.